The highest BCUT2D eigenvalue weighted by Crippen LogP contribution is 2.22. The fourth-order valence-corrected chi connectivity index (χ4v) is 2.72. The molecule has 0 aromatic heterocycles. The molecule has 2 aromatic rings. The summed E-state index contributed by atoms with van der Waals surface area (Å²) in [5.41, 5.74) is 2.62. The Balaban J connectivity index is 2.09. The van der Waals surface area contributed by atoms with Crippen LogP contribution in [0.15, 0.2) is 48.5 Å². The number of alkyl halides is 1. The van der Waals surface area contributed by atoms with Crippen molar-refractivity contribution in [2.75, 3.05) is 6.61 Å². The summed E-state index contributed by atoms with van der Waals surface area (Å²) in [6.45, 7) is 5.57. The van der Waals surface area contributed by atoms with Crippen LogP contribution in [-0.2, 0) is 21.3 Å². The van der Waals surface area contributed by atoms with Gasteiger partial charge in [-0.1, -0.05) is 52.3 Å². The molecule has 0 aliphatic rings. The lowest BCUT2D eigenvalue weighted by atomic mass is 10.0. The molecular formula is C20H23BrO3. The minimum Gasteiger partial charge on any atom is -0.476 e. The second kappa shape index (κ2) is 8.34. The topological polar surface area (TPSA) is 35.5 Å². The van der Waals surface area contributed by atoms with E-state index >= 15 is 0 Å². The molecule has 24 heavy (non-hydrogen) atoms. The number of esters is 1. The molecule has 2 aromatic carbocycles. The van der Waals surface area contributed by atoms with Gasteiger partial charge in [-0.15, -0.1) is 0 Å². The van der Waals surface area contributed by atoms with Crippen LogP contribution < -0.4 is 4.74 Å². The van der Waals surface area contributed by atoms with E-state index in [0.29, 0.717) is 12.4 Å². The van der Waals surface area contributed by atoms with Crippen LogP contribution in [-0.4, -0.2) is 18.2 Å². The van der Waals surface area contributed by atoms with Crippen LogP contribution in [0, 0.1) is 0 Å². The van der Waals surface area contributed by atoms with Gasteiger partial charge in [0.15, 0.2) is 5.60 Å². The average molecular weight is 391 g/mol. The first-order valence-corrected chi connectivity index (χ1v) is 9.15. The number of hydrogen-bond donors (Lipinski definition) is 0. The molecule has 0 saturated heterocycles. The highest BCUT2D eigenvalue weighted by atomic mass is 79.9. The van der Waals surface area contributed by atoms with Crippen LogP contribution in [0.5, 0.6) is 5.75 Å². The zero-order valence-electron chi connectivity index (χ0n) is 14.3. The number of rotatable bonds is 7. The molecule has 128 valence electrons. The third-order valence-electron chi connectivity index (χ3n) is 3.62. The lowest BCUT2D eigenvalue weighted by Crippen LogP contribution is -2.39. The van der Waals surface area contributed by atoms with Crippen molar-refractivity contribution in [1.82, 2.24) is 0 Å². The largest absolute Gasteiger partial charge is 0.476 e. The molecule has 0 aliphatic heterocycles. The summed E-state index contributed by atoms with van der Waals surface area (Å²) in [5.74, 6) is 0.309. The zero-order chi connectivity index (χ0) is 17.6. The Hall–Kier alpha value is -1.81. The van der Waals surface area contributed by atoms with Gasteiger partial charge < -0.3 is 9.47 Å². The second-order valence-corrected chi connectivity index (χ2v) is 6.67. The zero-order valence-corrected chi connectivity index (χ0v) is 15.9. The maximum atomic E-state index is 12.0. The Morgan fingerprint density at radius 2 is 1.71 bits per heavy atom. The van der Waals surface area contributed by atoms with Gasteiger partial charge in [0.25, 0.3) is 0 Å². The van der Waals surface area contributed by atoms with Gasteiger partial charge in [-0.05, 0) is 56.0 Å². The fourth-order valence-electron chi connectivity index (χ4n) is 2.34. The maximum absolute atomic E-state index is 12.0. The van der Waals surface area contributed by atoms with E-state index in [1.165, 1.54) is 11.1 Å². The van der Waals surface area contributed by atoms with Gasteiger partial charge in [-0.3, -0.25) is 0 Å². The molecule has 0 fully saturated rings. The molecule has 0 aliphatic carbocycles. The van der Waals surface area contributed by atoms with Crippen LogP contribution in [0.25, 0.3) is 0 Å². The Morgan fingerprint density at radius 3 is 2.33 bits per heavy atom. The number of benzene rings is 2. The van der Waals surface area contributed by atoms with Gasteiger partial charge in [0.05, 0.1) is 6.61 Å². The number of ether oxygens (including phenoxy) is 2. The van der Waals surface area contributed by atoms with Crippen molar-refractivity contribution in [3.63, 3.8) is 0 Å². The van der Waals surface area contributed by atoms with E-state index in [-0.39, 0.29) is 5.97 Å². The van der Waals surface area contributed by atoms with Gasteiger partial charge in [0.2, 0.25) is 0 Å². The molecule has 0 unspecified atom stereocenters. The van der Waals surface area contributed by atoms with Gasteiger partial charge in [0, 0.05) is 5.33 Å². The SMILES string of the molecule is CCOC(=O)C(C)(C)Oc1cccc(Cc2ccc(CBr)cc2)c1. The van der Waals surface area contributed by atoms with E-state index in [9.17, 15) is 4.79 Å². The molecule has 0 atom stereocenters. The van der Waals surface area contributed by atoms with Crippen LogP contribution in [0.4, 0.5) is 0 Å². The average Bonchev–Trinajstić information content (AvgIpc) is 2.56. The van der Waals surface area contributed by atoms with Crippen LogP contribution in [0.3, 0.4) is 0 Å². The van der Waals surface area contributed by atoms with Crippen LogP contribution >= 0.6 is 15.9 Å². The van der Waals surface area contributed by atoms with Gasteiger partial charge in [-0.2, -0.15) is 0 Å². The first kappa shape index (κ1) is 18.5. The number of carbonyl (C=O) groups is 1. The van der Waals surface area contributed by atoms with Crippen molar-refractivity contribution < 1.29 is 14.3 Å². The first-order chi connectivity index (χ1) is 11.4. The fraction of sp³-hybridized carbons (Fsp3) is 0.350. The maximum Gasteiger partial charge on any atom is 0.349 e. The Kier molecular flexibility index (Phi) is 6.44. The molecule has 0 heterocycles. The quantitative estimate of drug-likeness (QED) is 0.498. The van der Waals surface area contributed by atoms with Crippen molar-refractivity contribution in [3.8, 4) is 5.75 Å². The molecule has 0 spiro atoms. The van der Waals surface area contributed by atoms with E-state index in [1.807, 2.05) is 18.2 Å². The normalized spacial score (nSPS) is 11.2. The van der Waals surface area contributed by atoms with E-state index in [1.54, 1.807) is 20.8 Å². The predicted molar refractivity (Wildman–Crippen MR) is 99.7 cm³/mol. The minimum absolute atomic E-state index is 0.343. The second-order valence-electron chi connectivity index (χ2n) is 6.11. The molecule has 0 bridgehead atoms. The highest BCUT2D eigenvalue weighted by Gasteiger charge is 2.31. The first-order valence-electron chi connectivity index (χ1n) is 8.03. The monoisotopic (exact) mass is 390 g/mol. The number of hydrogen-bond acceptors (Lipinski definition) is 3. The Bertz CT molecular complexity index is 678. The summed E-state index contributed by atoms with van der Waals surface area (Å²) in [6, 6.07) is 16.3. The Morgan fingerprint density at radius 1 is 1.04 bits per heavy atom. The van der Waals surface area contributed by atoms with Gasteiger partial charge in [-0.25, -0.2) is 4.79 Å². The summed E-state index contributed by atoms with van der Waals surface area (Å²) in [6.07, 6.45) is 0.819. The van der Waals surface area contributed by atoms with E-state index in [2.05, 4.69) is 46.3 Å². The molecule has 0 radical (unpaired) electrons. The van der Waals surface area contributed by atoms with E-state index in [0.717, 1.165) is 17.3 Å². The molecule has 0 N–H and O–H groups in total. The van der Waals surface area contributed by atoms with Crippen LogP contribution in [0.2, 0.25) is 0 Å². The third kappa shape index (κ3) is 5.10. The van der Waals surface area contributed by atoms with E-state index < -0.39 is 5.60 Å². The van der Waals surface area contributed by atoms with Crippen molar-refractivity contribution in [1.29, 1.82) is 0 Å². The molecule has 3 nitrogen and oxygen atoms in total. The Labute approximate surface area is 152 Å². The van der Waals surface area contributed by atoms with Crippen molar-refractivity contribution in [2.45, 2.75) is 38.1 Å². The standard InChI is InChI=1S/C20H23BrO3/c1-4-23-19(22)20(2,3)24-18-7-5-6-17(13-18)12-15-8-10-16(14-21)11-9-15/h5-11,13H,4,12,14H2,1-3H3. The number of carbonyl (C=O) groups excluding carboxylic acids is 1. The lowest BCUT2D eigenvalue weighted by molar-refractivity contribution is -0.158. The summed E-state index contributed by atoms with van der Waals surface area (Å²) in [4.78, 5) is 12.0. The van der Waals surface area contributed by atoms with Crippen molar-refractivity contribution in [2.24, 2.45) is 0 Å². The third-order valence-corrected chi connectivity index (χ3v) is 4.27. The smallest absolute Gasteiger partial charge is 0.349 e. The van der Waals surface area contributed by atoms with E-state index in [4.69, 9.17) is 9.47 Å². The summed E-state index contributed by atoms with van der Waals surface area (Å²) in [5, 5.41) is 0.861. The lowest BCUT2D eigenvalue weighted by Gasteiger charge is -2.24. The van der Waals surface area contributed by atoms with Crippen LogP contribution in [0.1, 0.15) is 37.5 Å². The summed E-state index contributed by atoms with van der Waals surface area (Å²) in [7, 11) is 0. The molecule has 0 saturated carbocycles. The van der Waals surface area contributed by atoms with Gasteiger partial charge in [0.1, 0.15) is 5.75 Å². The molecule has 4 heteroatoms. The molecule has 0 amide bonds. The summed E-state index contributed by atoms with van der Waals surface area (Å²) < 4.78 is 10.9. The minimum atomic E-state index is -1.01. The molecular weight excluding hydrogens is 368 g/mol. The highest BCUT2D eigenvalue weighted by molar-refractivity contribution is 9.08. The van der Waals surface area contributed by atoms with Gasteiger partial charge >= 0.3 is 5.97 Å². The predicted octanol–water partition coefficient (Wildman–Crippen LogP) is 4.89. The van der Waals surface area contributed by atoms with Crippen molar-refractivity contribution in [3.05, 3.63) is 65.2 Å². The molecule has 2 rings (SSSR count). The summed E-state index contributed by atoms with van der Waals surface area (Å²) >= 11 is 3.45. The van der Waals surface area contributed by atoms with Crippen molar-refractivity contribution >= 4 is 21.9 Å². The number of halogens is 1.